The molecule has 2 aromatic rings. The van der Waals surface area contributed by atoms with E-state index >= 15 is 0 Å². The standard InChI is InChI=1S/C18H23N3O3/c1-7-10-21(17(22)23-18(4,5)6)14-8-9-15(12(2)11-14)16-19-13(3)20-24-16/h7-9,11H,1,10H2,2-6H3. The van der Waals surface area contributed by atoms with Crippen molar-refractivity contribution in [1.82, 2.24) is 10.1 Å². The molecule has 0 saturated carbocycles. The number of aromatic nitrogens is 2. The first-order valence-electron chi connectivity index (χ1n) is 7.74. The number of aryl methyl sites for hydroxylation is 2. The Balaban J connectivity index is 2.33. The maximum Gasteiger partial charge on any atom is 0.415 e. The normalized spacial score (nSPS) is 11.2. The molecule has 0 fully saturated rings. The van der Waals surface area contributed by atoms with E-state index in [1.54, 1.807) is 13.0 Å². The minimum atomic E-state index is -0.563. The second-order valence-corrected chi connectivity index (χ2v) is 6.53. The summed E-state index contributed by atoms with van der Waals surface area (Å²) in [5, 5.41) is 3.81. The average Bonchev–Trinajstić information content (AvgIpc) is 2.89. The van der Waals surface area contributed by atoms with Crippen LogP contribution in [0.2, 0.25) is 0 Å². The second-order valence-electron chi connectivity index (χ2n) is 6.53. The lowest BCUT2D eigenvalue weighted by Crippen LogP contribution is -2.37. The molecule has 1 aromatic heterocycles. The molecule has 6 nitrogen and oxygen atoms in total. The topological polar surface area (TPSA) is 68.5 Å². The number of rotatable bonds is 4. The molecule has 0 N–H and O–H groups in total. The molecule has 0 aliphatic heterocycles. The van der Waals surface area contributed by atoms with Crippen molar-refractivity contribution in [2.45, 2.75) is 40.2 Å². The maximum atomic E-state index is 12.4. The van der Waals surface area contributed by atoms with Crippen molar-refractivity contribution in [2.24, 2.45) is 0 Å². The van der Waals surface area contributed by atoms with Gasteiger partial charge >= 0.3 is 6.09 Å². The van der Waals surface area contributed by atoms with Crippen molar-refractivity contribution in [3.8, 4) is 11.5 Å². The number of carbonyl (C=O) groups is 1. The number of ether oxygens (including phenoxy) is 1. The van der Waals surface area contributed by atoms with E-state index in [1.165, 1.54) is 4.90 Å². The fraction of sp³-hybridized carbons (Fsp3) is 0.389. The second kappa shape index (κ2) is 6.86. The van der Waals surface area contributed by atoms with Crippen LogP contribution in [0, 0.1) is 13.8 Å². The summed E-state index contributed by atoms with van der Waals surface area (Å²) >= 11 is 0. The zero-order valence-electron chi connectivity index (χ0n) is 14.8. The highest BCUT2D eigenvalue weighted by atomic mass is 16.6. The molecule has 2 rings (SSSR count). The third-order valence-corrected chi connectivity index (χ3v) is 3.21. The van der Waals surface area contributed by atoms with E-state index in [-0.39, 0.29) is 0 Å². The fourth-order valence-corrected chi connectivity index (χ4v) is 2.19. The maximum absolute atomic E-state index is 12.4. The predicted molar refractivity (Wildman–Crippen MR) is 93.0 cm³/mol. The number of hydrogen-bond donors (Lipinski definition) is 0. The largest absolute Gasteiger partial charge is 0.443 e. The third kappa shape index (κ3) is 4.22. The zero-order valence-corrected chi connectivity index (χ0v) is 14.8. The first-order chi connectivity index (χ1) is 11.2. The van der Waals surface area contributed by atoms with E-state index in [0.29, 0.717) is 18.3 Å². The van der Waals surface area contributed by atoms with Gasteiger partial charge in [0.15, 0.2) is 5.82 Å². The lowest BCUT2D eigenvalue weighted by atomic mass is 10.1. The molecule has 0 radical (unpaired) electrons. The minimum Gasteiger partial charge on any atom is -0.443 e. The Morgan fingerprint density at radius 3 is 2.58 bits per heavy atom. The first kappa shape index (κ1) is 17.7. The molecule has 0 atom stereocenters. The summed E-state index contributed by atoms with van der Waals surface area (Å²) in [5.41, 5.74) is 1.92. The van der Waals surface area contributed by atoms with Crippen LogP contribution in [0.5, 0.6) is 0 Å². The molecular formula is C18H23N3O3. The Morgan fingerprint density at radius 2 is 2.08 bits per heavy atom. The van der Waals surface area contributed by atoms with E-state index in [4.69, 9.17) is 9.26 Å². The SMILES string of the molecule is C=CCN(C(=O)OC(C)(C)C)c1ccc(-c2nc(C)no2)c(C)c1. The quantitative estimate of drug-likeness (QED) is 0.783. The Bertz CT molecular complexity index is 744. The highest BCUT2D eigenvalue weighted by Crippen LogP contribution is 2.27. The molecule has 1 heterocycles. The average molecular weight is 329 g/mol. The monoisotopic (exact) mass is 329 g/mol. The predicted octanol–water partition coefficient (Wildman–Crippen LogP) is 4.28. The van der Waals surface area contributed by atoms with E-state index in [2.05, 4.69) is 16.7 Å². The summed E-state index contributed by atoms with van der Waals surface area (Å²) in [5.74, 6) is 1.04. The molecule has 0 bridgehead atoms. The van der Waals surface area contributed by atoms with Gasteiger partial charge in [-0.05, 0) is 58.4 Å². The van der Waals surface area contributed by atoms with E-state index in [9.17, 15) is 4.79 Å². The van der Waals surface area contributed by atoms with Gasteiger partial charge in [0.25, 0.3) is 5.89 Å². The van der Waals surface area contributed by atoms with E-state index in [1.807, 2.05) is 45.9 Å². The lowest BCUT2D eigenvalue weighted by Gasteiger charge is -2.27. The summed E-state index contributed by atoms with van der Waals surface area (Å²) < 4.78 is 10.7. The number of amides is 1. The number of carbonyl (C=O) groups excluding carboxylic acids is 1. The van der Waals surface area contributed by atoms with Gasteiger partial charge < -0.3 is 9.26 Å². The van der Waals surface area contributed by atoms with Gasteiger partial charge in [-0.1, -0.05) is 11.2 Å². The number of benzene rings is 1. The molecule has 128 valence electrons. The molecule has 0 unspecified atom stereocenters. The fourth-order valence-electron chi connectivity index (χ4n) is 2.19. The molecular weight excluding hydrogens is 306 g/mol. The molecule has 6 heteroatoms. The summed E-state index contributed by atoms with van der Waals surface area (Å²) in [7, 11) is 0. The molecule has 0 aliphatic rings. The smallest absolute Gasteiger partial charge is 0.415 e. The van der Waals surface area contributed by atoms with Crippen LogP contribution in [0.25, 0.3) is 11.5 Å². The van der Waals surface area contributed by atoms with E-state index in [0.717, 1.165) is 16.8 Å². The summed E-state index contributed by atoms with van der Waals surface area (Å²) in [6.45, 7) is 13.3. The van der Waals surface area contributed by atoms with Crippen molar-refractivity contribution in [2.75, 3.05) is 11.4 Å². The van der Waals surface area contributed by atoms with Crippen molar-refractivity contribution in [1.29, 1.82) is 0 Å². The van der Waals surface area contributed by atoms with Gasteiger partial charge in [-0.25, -0.2) is 4.79 Å². The van der Waals surface area contributed by atoms with Crippen LogP contribution >= 0.6 is 0 Å². The number of nitrogens with zero attached hydrogens (tertiary/aromatic N) is 3. The molecule has 0 spiro atoms. The van der Waals surface area contributed by atoms with Gasteiger partial charge in [-0.15, -0.1) is 6.58 Å². The molecule has 24 heavy (non-hydrogen) atoms. The van der Waals surface area contributed by atoms with Gasteiger partial charge in [0, 0.05) is 17.8 Å². The zero-order chi connectivity index (χ0) is 17.9. The van der Waals surface area contributed by atoms with Gasteiger partial charge in [-0.2, -0.15) is 4.98 Å². The van der Waals surface area contributed by atoms with Crippen LogP contribution in [-0.4, -0.2) is 28.4 Å². The first-order valence-corrected chi connectivity index (χ1v) is 7.74. The van der Waals surface area contributed by atoms with Crippen molar-refractivity contribution in [3.63, 3.8) is 0 Å². The van der Waals surface area contributed by atoms with Gasteiger partial charge in [-0.3, -0.25) is 4.90 Å². The van der Waals surface area contributed by atoms with Crippen molar-refractivity contribution in [3.05, 3.63) is 42.2 Å². The lowest BCUT2D eigenvalue weighted by molar-refractivity contribution is 0.0584. The number of hydrogen-bond acceptors (Lipinski definition) is 5. The molecule has 1 aromatic carbocycles. The van der Waals surface area contributed by atoms with Crippen LogP contribution < -0.4 is 4.90 Å². The van der Waals surface area contributed by atoms with Crippen LogP contribution in [0.15, 0.2) is 35.4 Å². The Morgan fingerprint density at radius 1 is 1.38 bits per heavy atom. The van der Waals surface area contributed by atoms with Crippen LogP contribution in [-0.2, 0) is 4.74 Å². The molecule has 0 aliphatic carbocycles. The van der Waals surface area contributed by atoms with Gasteiger partial charge in [0.1, 0.15) is 5.60 Å². The summed E-state index contributed by atoms with van der Waals surface area (Å²) in [6.07, 6.45) is 1.25. The highest BCUT2D eigenvalue weighted by molar-refractivity contribution is 5.88. The molecule has 0 saturated heterocycles. The highest BCUT2D eigenvalue weighted by Gasteiger charge is 2.23. The summed E-state index contributed by atoms with van der Waals surface area (Å²) in [4.78, 5) is 18.2. The Labute approximate surface area is 142 Å². The van der Waals surface area contributed by atoms with Crippen LogP contribution in [0.1, 0.15) is 32.2 Å². The van der Waals surface area contributed by atoms with Gasteiger partial charge in [0.2, 0.25) is 0 Å². The summed E-state index contributed by atoms with van der Waals surface area (Å²) in [6, 6.07) is 5.58. The van der Waals surface area contributed by atoms with Crippen molar-refractivity contribution >= 4 is 11.8 Å². The van der Waals surface area contributed by atoms with Crippen molar-refractivity contribution < 1.29 is 14.1 Å². The third-order valence-electron chi connectivity index (χ3n) is 3.21. The Hall–Kier alpha value is -2.63. The van der Waals surface area contributed by atoms with Crippen LogP contribution in [0.3, 0.4) is 0 Å². The minimum absolute atomic E-state index is 0.355. The van der Waals surface area contributed by atoms with Gasteiger partial charge in [0.05, 0.1) is 0 Å². The van der Waals surface area contributed by atoms with E-state index < -0.39 is 11.7 Å². The molecule has 1 amide bonds. The number of anilines is 1. The van der Waals surface area contributed by atoms with Crippen LogP contribution in [0.4, 0.5) is 10.5 Å². The Kier molecular flexibility index (Phi) is 5.07.